The molecular weight excluding hydrogens is 269 g/mol. The molecule has 0 aliphatic heterocycles. The zero-order valence-electron chi connectivity index (χ0n) is 10.5. The standard InChI is InChI=1S/C14H15Cl2NO/c1-3-4-7-17-13-9(2)12(15)6-5-10(13)11(8-18)14(17)16/h5-6,8H,3-4,7H2,1-2H3. The van der Waals surface area contributed by atoms with E-state index in [2.05, 4.69) is 6.92 Å². The van der Waals surface area contributed by atoms with Gasteiger partial charge in [0.2, 0.25) is 0 Å². The van der Waals surface area contributed by atoms with Gasteiger partial charge in [-0.15, -0.1) is 0 Å². The first-order valence-corrected chi connectivity index (χ1v) is 6.79. The van der Waals surface area contributed by atoms with Crippen LogP contribution in [0.1, 0.15) is 35.7 Å². The SMILES string of the molecule is CCCCn1c(Cl)c(C=O)c2ccc(Cl)c(C)c21. The Hall–Kier alpha value is -0.990. The quantitative estimate of drug-likeness (QED) is 0.734. The average molecular weight is 284 g/mol. The fourth-order valence-electron chi connectivity index (χ4n) is 2.23. The van der Waals surface area contributed by atoms with E-state index in [0.29, 0.717) is 15.7 Å². The molecule has 0 fully saturated rings. The summed E-state index contributed by atoms with van der Waals surface area (Å²) < 4.78 is 1.99. The fourth-order valence-corrected chi connectivity index (χ4v) is 2.70. The largest absolute Gasteiger partial charge is 0.331 e. The first-order chi connectivity index (χ1) is 8.61. The van der Waals surface area contributed by atoms with Gasteiger partial charge in [0.1, 0.15) is 5.15 Å². The maximum Gasteiger partial charge on any atom is 0.153 e. The summed E-state index contributed by atoms with van der Waals surface area (Å²) >= 11 is 12.5. The Bertz CT molecular complexity index is 602. The van der Waals surface area contributed by atoms with Crippen LogP contribution in [-0.4, -0.2) is 10.9 Å². The van der Waals surface area contributed by atoms with Crippen LogP contribution in [0.25, 0.3) is 10.9 Å². The third-order valence-corrected chi connectivity index (χ3v) is 4.05. The van der Waals surface area contributed by atoms with E-state index in [4.69, 9.17) is 23.2 Å². The van der Waals surface area contributed by atoms with E-state index >= 15 is 0 Å². The molecule has 4 heteroatoms. The molecule has 0 aliphatic carbocycles. The lowest BCUT2D eigenvalue weighted by Crippen LogP contribution is -1.99. The second-order valence-corrected chi connectivity index (χ2v) is 5.16. The molecule has 1 aromatic heterocycles. The highest BCUT2D eigenvalue weighted by Gasteiger charge is 2.17. The molecular formula is C14H15Cl2NO. The molecule has 0 saturated carbocycles. The van der Waals surface area contributed by atoms with Crippen LogP contribution in [-0.2, 0) is 6.54 Å². The lowest BCUT2D eigenvalue weighted by atomic mass is 10.1. The van der Waals surface area contributed by atoms with Crippen molar-refractivity contribution >= 4 is 40.4 Å². The highest BCUT2D eigenvalue weighted by molar-refractivity contribution is 6.35. The van der Waals surface area contributed by atoms with Gasteiger partial charge in [-0.3, -0.25) is 4.79 Å². The van der Waals surface area contributed by atoms with Crippen LogP contribution < -0.4 is 0 Å². The summed E-state index contributed by atoms with van der Waals surface area (Å²) in [7, 11) is 0. The van der Waals surface area contributed by atoms with E-state index in [0.717, 1.165) is 42.1 Å². The summed E-state index contributed by atoms with van der Waals surface area (Å²) in [5.74, 6) is 0. The third-order valence-electron chi connectivity index (χ3n) is 3.24. The van der Waals surface area contributed by atoms with Crippen molar-refractivity contribution in [3.05, 3.63) is 33.4 Å². The Balaban J connectivity index is 2.77. The predicted molar refractivity (Wildman–Crippen MR) is 77.0 cm³/mol. The number of hydrogen-bond donors (Lipinski definition) is 0. The molecule has 0 spiro atoms. The number of carbonyl (C=O) groups is 1. The molecule has 2 rings (SSSR count). The second kappa shape index (κ2) is 5.33. The van der Waals surface area contributed by atoms with Crippen molar-refractivity contribution in [1.29, 1.82) is 0 Å². The molecule has 18 heavy (non-hydrogen) atoms. The summed E-state index contributed by atoms with van der Waals surface area (Å²) in [5.41, 5.74) is 2.51. The monoisotopic (exact) mass is 283 g/mol. The molecule has 1 aromatic carbocycles. The summed E-state index contributed by atoms with van der Waals surface area (Å²) in [6, 6.07) is 3.68. The van der Waals surface area contributed by atoms with Gasteiger partial charge >= 0.3 is 0 Å². The maximum atomic E-state index is 11.2. The van der Waals surface area contributed by atoms with Crippen molar-refractivity contribution in [2.24, 2.45) is 0 Å². The molecule has 2 nitrogen and oxygen atoms in total. The second-order valence-electron chi connectivity index (χ2n) is 4.40. The van der Waals surface area contributed by atoms with Crippen LogP contribution in [0.5, 0.6) is 0 Å². The Morgan fingerprint density at radius 3 is 2.67 bits per heavy atom. The number of aryl methyl sites for hydroxylation is 2. The van der Waals surface area contributed by atoms with E-state index < -0.39 is 0 Å². The van der Waals surface area contributed by atoms with E-state index in [1.54, 1.807) is 0 Å². The van der Waals surface area contributed by atoms with Gasteiger partial charge in [-0.1, -0.05) is 42.6 Å². The Morgan fingerprint density at radius 2 is 2.06 bits per heavy atom. The molecule has 0 bridgehead atoms. The number of unbranched alkanes of at least 4 members (excludes halogenated alkanes) is 1. The molecule has 2 aromatic rings. The lowest BCUT2D eigenvalue weighted by molar-refractivity contribution is 0.112. The summed E-state index contributed by atoms with van der Waals surface area (Å²) in [4.78, 5) is 11.2. The van der Waals surface area contributed by atoms with Gasteiger partial charge in [0, 0.05) is 17.0 Å². The minimum Gasteiger partial charge on any atom is -0.331 e. The van der Waals surface area contributed by atoms with Crippen molar-refractivity contribution in [2.75, 3.05) is 0 Å². The summed E-state index contributed by atoms with van der Waals surface area (Å²) in [6.45, 7) is 4.89. The predicted octanol–water partition coefficient (Wildman–Crippen LogP) is 4.87. The first kappa shape index (κ1) is 13.4. The number of hydrogen-bond acceptors (Lipinski definition) is 1. The zero-order chi connectivity index (χ0) is 13.3. The van der Waals surface area contributed by atoms with E-state index in [9.17, 15) is 4.79 Å². The van der Waals surface area contributed by atoms with Gasteiger partial charge in [0.15, 0.2) is 6.29 Å². The van der Waals surface area contributed by atoms with Crippen molar-refractivity contribution in [3.63, 3.8) is 0 Å². The molecule has 96 valence electrons. The molecule has 0 unspecified atom stereocenters. The van der Waals surface area contributed by atoms with E-state index in [1.165, 1.54) is 0 Å². The normalized spacial score (nSPS) is 11.1. The third kappa shape index (κ3) is 2.04. The Kier molecular flexibility index (Phi) is 3.98. The maximum absolute atomic E-state index is 11.2. The van der Waals surface area contributed by atoms with Gasteiger partial charge in [-0.05, 0) is 25.0 Å². The van der Waals surface area contributed by atoms with Gasteiger partial charge in [-0.25, -0.2) is 0 Å². The van der Waals surface area contributed by atoms with Gasteiger partial charge < -0.3 is 4.57 Å². The first-order valence-electron chi connectivity index (χ1n) is 6.03. The Labute approximate surface area is 116 Å². The number of benzene rings is 1. The van der Waals surface area contributed by atoms with E-state index in [-0.39, 0.29) is 0 Å². The van der Waals surface area contributed by atoms with Crippen LogP contribution >= 0.6 is 23.2 Å². The van der Waals surface area contributed by atoms with Crippen molar-refractivity contribution in [1.82, 2.24) is 4.57 Å². The molecule has 0 amide bonds. The van der Waals surface area contributed by atoms with Gasteiger partial charge in [0.05, 0.1) is 11.1 Å². The van der Waals surface area contributed by atoms with Gasteiger partial charge in [0.25, 0.3) is 0 Å². The minimum absolute atomic E-state index is 0.513. The number of fused-ring (bicyclic) bond motifs is 1. The van der Waals surface area contributed by atoms with E-state index in [1.807, 2.05) is 23.6 Å². The topological polar surface area (TPSA) is 22.0 Å². The molecule has 1 heterocycles. The Morgan fingerprint density at radius 1 is 1.33 bits per heavy atom. The van der Waals surface area contributed by atoms with Crippen LogP contribution in [0.3, 0.4) is 0 Å². The van der Waals surface area contributed by atoms with Crippen LogP contribution in [0.15, 0.2) is 12.1 Å². The lowest BCUT2D eigenvalue weighted by Gasteiger charge is -2.08. The van der Waals surface area contributed by atoms with Crippen LogP contribution in [0.2, 0.25) is 10.2 Å². The van der Waals surface area contributed by atoms with Crippen molar-refractivity contribution in [2.45, 2.75) is 33.2 Å². The number of aldehydes is 1. The summed E-state index contributed by atoms with van der Waals surface area (Å²) in [6.07, 6.45) is 2.92. The highest BCUT2D eigenvalue weighted by atomic mass is 35.5. The fraction of sp³-hybridized carbons (Fsp3) is 0.357. The molecule has 0 atom stereocenters. The van der Waals surface area contributed by atoms with Gasteiger partial charge in [-0.2, -0.15) is 0 Å². The minimum atomic E-state index is 0.513. The van der Waals surface area contributed by atoms with Crippen molar-refractivity contribution < 1.29 is 4.79 Å². The van der Waals surface area contributed by atoms with Crippen LogP contribution in [0, 0.1) is 6.92 Å². The van der Waals surface area contributed by atoms with Crippen LogP contribution in [0.4, 0.5) is 0 Å². The number of halogens is 2. The number of nitrogens with zero attached hydrogens (tertiary/aromatic N) is 1. The zero-order valence-corrected chi connectivity index (χ0v) is 12.0. The number of rotatable bonds is 4. The highest BCUT2D eigenvalue weighted by Crippen LogP contribution is 2.34. The molecule has 0 aliphatic rings. The number of carbonyl (C=O) groups excluding carboxylic acids is 1. The molecule has 0 saturated heterocycles. The molecule has 0 radical (unpaired) electrons. The average Bonchev–Trinajstić information content (AvgIpc) is 2.64. The van der Waals surface area contributed by atoms with Crippen molar-refractivity contribution in [3.8, 4) is 0 Å². The summed E-state index contributed by atoms with van der Waals surface area (Å²) in [5, 5.41) is 2.10. The smallest absolute Gasteiger partial charge is 0.153 e. The number of aromatic nitrogens is 1. The molecule has 0 N–H and O–H groups in total.